The van der Waals surface area contributed by atoms with Crippen LogP contribution >= 0.6 is 0 Å². The highest BCUT2D eigenvalue weighted by molar-refractivity contribution is 7.89. The van der Waals surface area contributed by atoms with Crippen LogP contribution in [0.2, 0.25) is 0 Å². The van der Waals surface area contributed by atoms with Gasteiger partial charge in [-0.25, -0.2) is 13.2 Å². The van der Waals surface area contributed by atoms with Crippen LogP contribution in [0, 0.1) is 20.8 Å². The van der Waals surface area contributed by atoms with Gasteiger partial charge in [0.05, 0.1) is 16.2 Å². The van der Waals surface area contributed by atoms with Gasteiger partial charge in [0.25, 0.3) is 0 Å². The third-order valence-electron chi connectivity index (χ3n) is 5.15. The van der Waals surface area contributed by atoms with E-state index in [1.807, 2.05) is 0 Å². The zero-order valence-corrected chi connectivity index (χ0v) is 19.5. The first-order valence-electron chi connectivity index (χ1n) is 9.96. The van der Waals surface area contributed by atoms with Crippen LogP contribution in [0.5, 0.6) is 0 Å². The molecule has 0 aliphatic rings. The number of ketones is 2. The third-order valence-corrected chi connectivity index (χ3v) is 7.34. The average Bonchev–Trinajstić information content (AvgIpc) is 3.01. The highest BCUT2D eigenvalue weighted by atomic mass is 32.2. The molecule has 0 aliphatic heterocycles. The minimum Gasteiger partial charge on any atom is -0.454 e. The van der Waals surface area contributed by atoms with Gasteiger partial charge in [-0.1, -0.05) is 19.9 Å². The van der Waals surface area contributed by atoms with Gasteiger partial charge in [-0.2, -0.15) is 4.31 Å². The number of hydrogen-bond donors (Lipinski definition) is 1. The number of carbonyl (C=O) groups is 3. The van der Waals surface area contributed by atoms with Crippen molar-refractivity contribution in [3.8, 4) is 0 Å². The van der Waals surface area contributed by atoms with Crippen LogP contribution in [0.15, 0.2) is 23.1 Å². The summed E-state index contributed by atoms with van der Waals surface area (Å²) < 4.78 is 32.1. The van der Waals surface area contributed by atoms with E-state index in [9.17, 15) is 22.8 Å². The largest absolute Gasteiger partial charge is 0.454 e. The summed E-state index contributed by atoms with van der Waals surface area (Å²) in [7, 11) is -3.76. The number of carbonyl (C=O) groups excluding carboxylic acids is 3. The highest BCUT2D eigenvalue weighted by Crippen LogP contribution is 2.22. The molecule has 168 valence electrons. The topological polar surface area (TPSA) is 114 Å². The Morgan fingerprint density at radius 2 is 1.68 bits per heavy atom. The smallest absolute Gasteiger partial charge is 0.338 e. The molecule has 0 aliphatic carbocycles. The molecular weight excluding hydrogens is 420 g/mol. The van der Waals surface area contributed by atoms with Crippen molar-refractivity contribution < 1.29 is 27.5 Å². The molecule has 1 aromatic carbocycles. The maximum absolute atomic E-state index is 12.9. The number of aromatic nitrogens is 1. The minimum absolute atomic E-state index is 0.0268. The van der Waals surface area contributed by atoms with E-state index < -0.39 is 28.4 Å². The van der Waals surface area contributed by atoms with Crippen molar-refractivity contribution in [2.45, 2.75) is 46.4 Å². The number of nitrogens with one attached hydrogen (secondary N) is 1. The molecule has 0 unspecified atom stereocenters. The van der Waals surface area contributed by atoms with E-state index in [1.165, 1.54) is 29.4 Å². The number of ether oxygens (including phenoxy) is 1. The predicted octanol–water partition coefficient (Wildman–Crippen LogP) is 3.21. The van der Waals surface area contributed by atoms with Gasteiger partial charge in [0.1, 0.15) is 0 Å². The Hall–Kier alpha value is -2.78. The molecular formula is C22H28N2O6S. The van der Waals surface area contributed by atoms with E-state index in [-0.39, 0.29) is 21.9 Å². The van der Waals surface area contributed by atoms with Crippen LogP contribution in [-0.4, -0.2) is 54.9 Å². The van der Waals surface area contributed by atoms with Gasteiger partial charge < -0.3 is 9.72 Å². The SMILES string of the molecule is CCN(CC)S(=O)(=O)c1cc(C(=O)OCC(=O)c2[nH]c(C)c(C(C)=O)c2C)ccc1C. The molecule has 0 bridgehead atoms. The Labute approximate surface area is 182 Å². The van der Waals surface area contributed by atoms with Crippen molar-refractivity contribution in [3.05, 3.63) is 51.8 Å². The summed E-state index contributed by atoms with van der Waals surface area (Å²) >= 11 is 0. The Balaban J connectivity index is 2.23. The lowest BCUT2D eigenvalue weighted by Crippen LogP contribution is -2.31. The molecule has 0 amide bonds. The molecule has 0 radical (unpaired) electrons. The third kappa shape index (κ3) is 4.94. The lowest BCUT2D eigenvalue weighted by atomic mass is 10.1. The van der Waals surface area contributed by atoms with Crippen molar-refractivity contribution in [2.75, 3.05) is 19.7 Å². The molecule has 1 heterocycles. The summed E-state index contributed by atoms with van der Waals surface area (Å²) in [5.41, 5.74) is 2.28. The van der Waals surface area contributed by atoms with Crippen LogP contribution in [-0.2, 0) is 14.8 Å². The lowest BCUT2D eigenvalue weighted by molar-refractivity contribution is 0.0473. The molecule has 2 rings (SSSR count). The standard InChI is InChI=1S/C22H28N2O6S/c1-7-24(8-2)31(28,29)19-11-17(10-9-13(19)3)22(27)30-12-18(26)21-14(4)20(16(6)25)15(5)23-21/h9-11,23H,7-8,12H2,1-6H3. The van der Waals surface area contributed by atoms with Crippen LogP contribution in [0.4, 0.5) is 0 Å². The number of hydrogen-bond acceptors (Lipinski definition) is 6. The van der Waals surface area contributed by atoms with Crippen molar-refractivity contribution in [3.63, 3.8) is 0 Å². The van der Waals surface area contributed by atoms with E-state index in [0.717, 1.165) is 0 Å². The first-order chi connectivity index (χ1) is 14.4. The van der Waals surface area contributed by atoms with Crippen molar-refractivity contribution >= 4 is 27.6 Å². The number of benzene rings is 1. The molecule has 0 fully saturated rings. The number of Topliss-reactive ketones (excluding diaryl/α,β-unsaturated/α-hetero) is 2. The normalized spacial score (nSPS) is 11.6. The Morgan fingerprint density at radius 1 is 1.06 bits per heavy atom. The van der Waals surface area contributed by atoms with Crippen LogP contribution < -0.4 is 0 Å². The van der Waals surface area contributed by atoms with Gasteiger partial charge in [-0.15, -0.1) is 0 Å². The predicted molar refractivity (Wildman–Crippen MR) is 116 cm³/mol. The number of aryl methyl sites for hydroxylation is 2. The zero-order chi connectivity index (χ0) is 23.5. The molecule has 1 aromatic heterocycles. The zero-order valence-electron chi connectivity index (χ0n) is 18.7. The number of H-pyrrole nitrogens is 1. The summed E-state index contributed by atoms with van der Waals surface area (Å²) in [5.74, 6) is -1.45. The maximum Gasteiger partial charge on any atom is 0.338 e. The van der Waals surface area contributed by atoms with Gasteiger partial charge in [-0.3, -0.25) is 9.59 Å². The number of aromatic amines is 1. The van der Waals surface area contributed by atoms with Crippen LogP contribution in [0.3, 0.4) is 0 Å². The fourth-order valence-corrected chi connectivity index (χ4v) is 5.26. The molecule has 2 aromatic rings. The molecule has 0 saturated carbocycles. The second-order valence-electron chi connectivity index (χ2n) is 7.25. The monoisotopic (exact) mass is 448 g/mol. The number of sulfonamides is 1. The maximum atomic E-state index is 12.9. The van der Waals surface area contributed by atoms with Gasteiger partial charge in [0.2, 0.25) is 15.8 Å². The van der Waals surface area contributed by atoms with Gasteiger partial charge in [0, 0.05) is 24.3 Å². The molecule has 0 saturated heterocycles. The first kappa shape index (κ1) is 24.5. The first-order valence-corrected chi connectivity index (χ1v) is 11.4. The van der Waals surface area contributed by atoms with Crippen molar-refractivity contribution in [1.82, 2.24) is 9.29 Å². The highest BCUT2D eigenvalue weighted by Gasteiger charge is 2.26. The average molecular weight is 449 g/mol. The molecule has 31 heavy (non-hydrogen) atoms. The molecule has 9 heteroatoms. The second-order valence-corrected chi connectivity index (χ2v) is 9.16. The Kier molecular flexibility index (Phi) is 7.56. The van der Waals surface area contributed by atoms with E-state index >= 15 is 0 Å². The van der Waals surface area contributed by atoms with E-state index in [1.54, 1.807) is 34.6 Å². The molecule has 0 spiro atoms. The number of nitrogens with zero attached hydrogens (tertiary/aromatic N) is 1. The second kappa shape index (κ2) is 9.57. The van der Waals surface area contributed by atoms with Gasteiger partial charge in [-0.05, 0) is 51.0 Å². The lowest BCUT2D eigenvalue weighted by Gasteiger charge is -2.20. The number of esters is 1. The van der Waals surface area contributed by atoms with Gasteiger partial charge in [0.15, 0.2) is 12.4 Å². The van der Waals surface area contributed by atoms with Crippen LogP contribution in [0.25, 0.3) is 0 Å². The molecule has 8 nitrogen and oxygen atoms in total. The summed E-state index contributed by atoms with van der Waals surface area (Å²) in [6, 6.07) is 4.27. The summed E-state index contributed by atoms with van der Waals surface area (Å²) in [4.78, 5) is 39.6. The summed E-state index contributed by atoms with van der Waals surface area (Å²) in [6.45, 7) is 9.96. The number of rotatable bonds is 9. The minimum atomic E-state index is -3.76. The van der Waals surface area contributed by atoms with Gasteiger partial charge >= 0.3 is 5.97 Å². The summed E-state index contributed by atoms with van der Waals surface area (Å²) in [6.07, 6.45) is 0. The van der Waals surface area contributed by atoms with Crippen LogP contribution in [0.1, 0.15) is 68.8 Å². The summed E-state index contributed by atoms with van der Waals surface area (Å²) in [5, 5.41) is 0. The fraction of sp³-hybridized carbons (Fsp3) is 0.409. The van der Waals surface area contributed by atoms with E-state index in [4.69, 9.17) is 4.74 Å². The Bertz CT molecular complexity index is 1130. The molecule has 0 atom stereocenters. The Morgan fingerprint density at radius 3 is 2.19 bits per heavy atom. The fourth-order valence-electron chi connectivity index (χ4n) is 3.55. The quantitative estimate of drug-likeness (QED) is 0.465. The molecule has 1 N–H and O–H groups in total. The van der Waals surface area contributed by atoms with E-state index in [0.29, 0.717) is 35.5 Å². The van der Waals surface area contributed by atoms with E-state index in [2.05, 4.69) is 4.98 Å². The van der Waals surface area contributed by atoms with Crippen molar-refractivity contribution in [1.29, 1.82) is 0 Å². The van der Waals surface area contributed by atoms with Crippen molar-refractivity contribution in [2.24, 2.45) is 0 Å².